The average Bonchev–Trinajstić information content (AvgIpc) is 1.51. The van der Waals surface area contributed by atoms with E-state index in [9.17, 15) is 53.1 Å². The molecule has 0 spiro atoms. The maximum atomic E-state index is 15.0. The zero-order valence-corrected chi connectivity index (χ0v) is 62.8. The highest BCUT2D eigenvalue weighted by Gasteiger charge is 2.56. The van der Waals surface area contributed by atoms with E-state index >= 15 is 4.79 Å². The summed E-state index contributed by atoms with van der Waals surface area (Å²) in [5.74, 6) is -8.79. The Morgan fingerprint density at radius 2 is 1.36 bits per heavy atom. The highest BCUT2D eigenvalue weighted by Crippen LogP contribution is 2.35. The zero-order chi connectivity index (χ0) is 77.2. The number of carbonyl (C=O) groups excluding carboxylic acids is 11. The van der Waals surface area contributed by atoms with Crippen LogP contribution in [0, 0.1) is 23.7 Å². The molecule has 0 saturated carbocycles. The van der Waals surface area contributed by atoms with Gasteiger partial charge in [0.05, 0.1) is 82.3 Å². The zero-order valence-electron chi connectivity index (χ0n) is 62.8. The number of likely N-dealkylation sites (N-methyl/N-ethyl adjacent to an activating group) is 2. The number of methoxy groups -OCH3 is 3. The third kappa shape index (κ3) is 26.4. The van der Waals surface area contributed by atoms with Crippen molar-refractivity contribution in [2.24, 2.45) is 23.7 Å². The van der Waals surface area contributed by atoms with E-state index < -0.39 is 170 Å². The molecular weight excluding hydrogens is 1350 g/mol. The van der Waals surface area contributed by atoms with E-state index in [1.807, 2.05) is 19.9 Å². The van der Waals surface area contributed by atoms with Crippen LogP contribution in [0.5, 0.6) is 5.75 Å². The predicted molar refractivity (Wildman–Crippen MR) is 368 cm³/mol. The van der Waals surface area contributed by atoms with Crippen LogP contribution in [0.1, 0.15) is 140 Å². The fourth-order valence-electron chi connectivity index (χ4n) is 12.2. The first kappa shape index (κ1) is 87.1. The molecule has 2 heterocycles. The first-order chi connectivity index (χ1) is 48.5. The highest BCUT2D eigenvalue weighted by atomic mass is 16.7. The van der Waals surface area contributed by atoms with Crippen molar-refractivity contribution in [2.75, 3.05) is 80.3 Å². The number of benzene rings is 2. The summed E-state index contributed by atoms with van der Waals surface area (Å²) in [5, 5.41) is 19.5. The quantitative estimate of drug-likeness (QED) is 0.0253. The summed E-state index contributed by atoms with van der Waals surface area (Å²) in [6.45, 7) is 21.5. The molecule has 0 bridgehead atoms. The Hall–Kier alpha value is -8.27. The lowest BCUT2D eigenvalue weighted by molar-refractivity contribution is -0.282. The van der Waals surface area contributed by atoms with Crippen molar-refractivity contribution in [1.82, 2.24) is 30.8 Å². The van der Waals surface area contributed by atoms with Crippen molar-refractivity contribution in [3.05, 3.63) is 59.7 Å². The molecule has 2 aliphatic rings. The molecule has 32 heteroatoms. The molecule has 0 aromatic heterocycles. The molecule has 103 heavy (non-hydrogen) atoms. The molecule has 0 radical (unpaired) electrons. The smallest absolute Gasteiger partial charge is 0.431 e. The number of amides is 7. The van der Waals surface area contributed by atoms with Gasteiger partial charge in [0.15, 0.2) is 18.3 Å². The second kappa shape index (κ2) is 41.9. The van der Waals surface area contributed by atoms with Crippen molar-refractivity contribution >= 4 is 71.3 Å². The number of nitrogens with one attached hydrogen (secondary N) is 4. The molecule has 7 amide bonds. The Labute approximate surface area is 602 Å². The fourth-order valence-corrected chi connectivity index (χ4v) is 12.2. The summed E-state index contributed by atoms with van der Waals surface area (Å²) in [5.41, 5.74) is 2.13. The van der Waals surface area contributed by atoms with Crippen LogP contribution in [0.4, 0.5) is 15.3 Å². The molecule has 2 aromatic carbocycles. The van der Waals surface area contributed by atoms with Gasteiger partial charge < -0.3 is 87.7 Å². The number of aliphatic hydroxyl groups is 1. The van der Waals surface area contributed by atoms with Crippen LogP contribution in [-0.2, 0) is 107 Å². The molecule has 578 valence electrons. The van der Waals surface area contributed by atoms with Crippen molar-refractivity contribution in [1.29, 1.82) is 0 Å². The molecule has 2 saturated heterocycles. The minimum Gasteiger partial charge on any atom is -0.467 e. The average molecular weight is 1460 g/mol. The predicted octanol–water partition coefficient (Wildman–Crippen LogP) is 5.08. The Balaban J connectivity index is 1.58. The van der Waals surface area contributed by atoms with Gasteiger partial charge in [0.1, 0.15) is 36.6 Å². The van der Waals surface area contributed by atoms with E-state index in [-0.39, 0.29) is 67.6 Å². The SMILES string of the molecule is CC[C@H](C)[C@@H]([C@@H](CC(=O)N1CCC[C@H]1[C@H](OC)[C@@H](C)C(=O)N[C@H](C)[C@@H](O)c1ccccc1)OC)N(C)C(=O)[C@@H](NC(=O)[C@H](C(C)C)N(C)C(=O)OCc1cc(NC(=O)COCCOCCONC(=O)OC(C)(C)C)ccc1O[C@@H]1OC(C(=O)OC)[C@@H](OC(C)=O)C(OC(C)=O)C1OC(C)=O)C(C)C. The number of hydroxylamine groups is 1. The van der Waals surface area contributed by atoms with Crippen LogP contribution < -0.4 is 26.2 Å². The Morgan fingerprint density at radius 1 is 0.738 bits per heavy atom. The van der Waals surface area contributed by atoms with Gasteiger partial charge in [0, 0.05) is 66.9 Å². The maximum absolute atomic E-state index is 15.0. The van der Waals surface area contributed by atoms with Crippen molar-refractivity contribution in [3.63, 3.8) is 0 Å². The molecule has 2 aromatic rings. The summed E-state index contributed by atoms with van der Waals surface area (Å²) in [6, 6.07) is 8.68. The Morgan fingerprint density at radius 3 is 1.94 bits per heavy atom. The van der Waals surface area contributed by atoms with Crippen LogP contribution >= 0.6 is 0 Å². The molecular formula is C71H109N7O25. The van der Waals surface area contributed by atoms with Crippen molar-refractivity contribution < 1.29 is 120 Å². The molecule has 2 aliphatic heterocycles. The van der Waals surface area contributed by atoms with Gasteiger partial charge in [-0.1, -0.05) is 85.2 Å². The van der Waals surface area contributed by atoms with Gasteiger partial charge in [-0.3, -0.25) is 48.1 Å². The van der Waals surface area contributed by atoms with E-state index in [1.54, 1.807) is 98.5 Å². The summed E-state index contributed by atoms with van der Waals surface area (Å²) >= 11 is 0. The van der Waals surface area contributed by atoms with Gasteiger partial charge >= 0.3 is 36.1 Å². The number of hydrogen-bond acceptors (Lipinski definition) is 25. The number of rotatable bonds is 38. The van der Waals surface area contributed by atoms with Gasteiger partial charge in [0.25, 0.3) is 0 Å². The molecule has 2 fully saturated rings. The summed E-state index contributed by atoms with van der Waals surface area (Å²) < 4.78 is 67.7. The summed E-state index contributed by atoms with van der Waals surface area (Å²) in [4.78, 5) is 158. The van der Waals surface area contributed by atoms with Crippen LogP contribution in [0.3, 0.4) is 0 Å². The van der Waals surface area contributed by atoms with Gasteiger partial charge in [-0.2, -0.15) is 5.48 Å². The molecule has 32 nitrogen and oxygen atoms in total. The third-order valence-electron chi connectivity index (χ3n) is 17.3. The fraction of sp³-hybridized carbons (Fsp3) is 0.676. The van der Waals surface area contributed by atoms with E-state index in [2.05, 4.69) is 21.4 Å². The number of nitrogens with zero attached hydrogens (tertiary/aromatic N) is 3. The van der Waals surface area contributed by atoms with Gasteiger partial charge in [-0.15, -0.1) is 0 Å². The van der Waals surface area contributed by atoms with Crippen LogP contribution in [0.2, 0.25) is 0 Å². The van der Waals surface area contributed by atoms with Gasteiger partial charge in [-0.25, -0.2) is 14.4 Å². The molecule has 15 atom stereocenters. The van der Waals surface area contributed by atoms with Crippen molar-refractivity contribution in [3.8, 4) is 5.75 Å². The number of anilines is 1. The van der Waals surface area contributed by atoms with E-state index in [0.717, 1.165) is 32.8 Å². The minimum absolute atomic E-state index is 0.0187. The second-order valence-corrected chi connectivity index (χ2v) is 27.1. The first-order valence-corrected chi connectivity index (χ1v) is 34.5. The number of ether oxygens (including phenoxy) is 12. The van der Waals surface area contributed by atoms with Crippen LogP contribution in [0.15, 0.2) is 48.5 Å². The molecule has 3 unspecified atom stereocenters. The van der Waals surface area contributed by atoms with E-state index in [4.69, 9.17) is 61.7 Å². The monoisotopic (exact) mass is 1460 g/mol. The van der Waals surface area contributed by atoms with E-state index in [0.29, 0.717) is 31.4 Å². The lowest BCUT2D eigenvalue weighted by Gasteiger charge is -2.43. The number of likely N-dealkylation sites (tertiary alicyclic amines) is 1. The summed E-state index contributed by atoms with van der Waals surface area (Å²) in [6.07, 6.45) is -11.7. The van der Waals surface area contributed by atoms with Crippen molar-refractivity contribution in [2.45, 2.75) is 214 Å². The molecule has 5 N–H and O–H groups in total. The second-order valence-electron chi connectivity index (χ2n) is 27.1. The van der Waals surface area contributed by atoms with Gasteiger partial charge in [0.2, 0.25) is 41.9 Å². The number of carbonyl (C=O) groups is 11. The van der Waals surface area contributed by atoms with Crippen LogP contribution in [0.25, 0.3) is 0 Å². The number of hydrogen-bond donors (Lipinski definition) is 5. The maximum Gasteiger partial charge on any atom is 0.431 e. The minimum atomic E-state index is -1.87. The third-order valence-corrected chi connectivity index (χ3v) is 17.3. The van der Waals surface area contributed by atoms with Crippen LogP contribution in [-0.4, -0.2) is 239 Å². The standard InChI is InChI=1S/C71H109N7O25/c1-20-41(6)57(52(91-17)36-54(83)78-30-24-27-50(78)59(92-18)42(7)64(85)72-43(8)58(84)47-25-22-21-23-26-47)76(15)66(87)55(39(2)3)74-65(86)56(40(4)5)77(16)70(90)96-37-48-35-49(73-53(82)38-95-32-31-94-33-34-97-75-69(89)103-71(12,13)14)28-29-51(48)101-68-63(100-46(11)81)61(99-45(10)80)60(98-44(9)79)62(102-68)67(88)93-19/h21-23,25-26,28-29,35,39-43,50,52,55-63,68,84H,20,24,27,30-34,36-38H2,1-19H3,(H,72,85)(H,73,82)(H,74,86)(H,75,89)/t41-,42+,43+,50-,52+,55-,56-,57-,58+,59+,60-,61?,62?,63?,68+/m0/s1. The largest absolute Gasteiger partial charge is 0.467 e. The molecule has 0 aliphatic carbocycles. The van der Waals surface area contributed by atoms with E-state index in [1.165, 1.54) is 44.4 Å². The van der Waals surface area contributed by atoms with Gasteiger partial charge in [-0.05, 0) is 82.1 Å². The number of aliphatic hydroxyl groups excluding tert-OH is 1. The summed E-state index contributed by atoms with van der Waals surface area (Å²) in [7, 11) is 6.87. The topological polar surface area (TPSA) is 386 Å². The number of esters is 4. The highest BCUT2D eigenvalue weighted by molar-refractivity contribution is 5.93. The molecule has 4 rings (SSSR count). The Kier molecular flexibility index (Phi) is 35.4. The lowest BCUT2D eigenvalue weighted by atomic mass is 9.89. The first-order valence-electron chi connectivity index (χ1n) is 34.5. The Bertz CT molecular complexity index is 3130. The lowest BCUT2D eigenvalue weighted by Crippen LogP contribution is -2.64. The normalized spacial score (nSPS) is 20.0.